The average Bonchev–Trinajstić information content (AvgIpc) is 1.59. The average molecular weight is 203 g/mol. The van der Waals surface area contributed by atoms with E-state index >= 15 is 0 Å². The maximum Gasteiger partial charge on any atom is 0.318 e. The van der Waals surface area contributed by atoms with Gasteiger partial charge >= 0.3 is 10.9 Å². The number of nitrogens with one attached hydrogen (secondary N) is 1. The lowest BCUT2D eigenvalue weighted by Crippen LogP contribution is -2.36. The summed E-state index contributed by atoms with van der Waals surface area (Å²) in [5, 5.41) is 1.73. The van der Waals surface area contributed by atoms with Gasteiger partial charge in [-0.3, -0.25) is 0 Å². The second-order valence-corrected chi connectivity index (χ2v) is 2.49. The first-order valence-corrected chi connectivity index (χ1v) is 2.81. The van der Waals surface area contributed by atoms with E-state index in [9.17, 15) is 13.6 Å². The number of primary amides is 1. The van der Waals surface area contributed by atoms with Crippen LogP contribution in [0.2, 0.25) is 0 Å². The van der Waals surface area contributed by atoms with E-state index in [0.29, 0.717) is 0 Å². The van der Waals surface area contributed by atoms with Gasteiger partial charge in [0.15, 0.2) is 0 Å². The molecule has 0 bridgehead atoms. The molecule has 0 aromatic rings. The molecule has 2 amide bonds. The summed E-state index contributed by atoms with van der Waals surface area (Å²) < 4.78 is 23.5. The molecule has 0 atom stereocenters. The molecule has 0 saturated carbocycles. The van der Waals surface area contributed by atoms with E-state index in [2.05, 4.69) is 5.73 Å². The van der Waals surface area contributed by atoms with Crippen LogP contribution in [0.15, 0.2) is 0 Å². The fourth-order valence-corrected chi connectivity index (χ4v) is 0.328. The molecule has 0 aliphatic rings. The van der Waals surface area contributed by atoms with Crippen molar-refractivity contribution in [3.8, 4) is 0 Å². The zero-order valence-electron chi connectivity index (χ0n) is 4.33. The maximum atomic E-state index is 11.7. The molecule has 0 fully saturated rings. The number of halogens is 3. The highest BCUT2D eigenvalue weighted by atomic mass is 79.9. The minimum absolute atomic E-state index is 0.789. The summed E-state index contributed by atoms with van der Waals surface area (Å²) in [6, 6.07) is -0.964. The molecule has 0 saturated heterocycles. The highest BCUT2D eigenvalue weighted by molar-refractivity contribution is 9.10. The van der Waals surface area contributed by atoms with E-state index in [4.69, 9.17) is 0 Å². The van der Waals surface area contributed by atoms with Crippen LogP contribution < -0.4 is 11.1 Å². The first kappa shape index (κ1) is 8.61. The lowest BCUT2D eigenvalue weighted by atomic mass is 10.7. The van der Waals surface area contributed by atoms with Gasteiger partial charge < -0.3 is 11.1 Å². The molecule has 0 aromatic heterocycles. The van der Waals surface area contributed by atoms with E-state index in [0.717, 1.165) is 0 Å². The van der Waals surface area contributed by atoms with E-state index in [1.54, 1.807) is 5.32 Å². The van der Waals surface area contributed by atoms with Gasteiger partial charge in [0.1, 0.15) is 0 Å². The van der Waals surface area contributed by atoms with Gasteiger partial charge in [0.05, 0.1) is 6.54 Å². The number of amides is 2. The third-order valence-electron chi connectivity index (χ3n) is 0.463. The predicted octanol–water partition coefficient (Wildman–Crippen LogP) is 0.642. The number of carbonyl (C=O) groups is 1. The monoisotopic (exact) mass is 202 g/mol. The molecule has 0 spiro atoms. The Morgan fingerprint density at radius 1 is 1.78 bits per heavy atom. The smallest absolute Gasteiger partial charge is 0.318 e. The Morgan fingerprint density at radius 3 is 2.33 bits per heavy atom. The first-order valence-electron chi connectivity index (χ1n) is 2.02. The van der Waals surface area contributed by atoms with Crippen molar-refractivity contribution in [2.24, 2.45) is 5.73 Å². The highest BCUT2D eigenvalue weighted by Gasteiger charge is 2.23. The van der Waals surface area contributed by atoms with Crippen molar-refractivity contribution in [1.29, 1.82) is 0 Å². The van der Waals surface area contributed by atoms with Gasteiger partial charge in [-0.05, 0) is 15.9 Å². The molecule has 0 aliphatic heterocycles. The molecule has 0 unspecified atom stereocenters. The van der Waals surface area contributed by atoms with Crippen molar-refractivity contribution in [2.45, 2.75) is 4.83 Å². The van der Waals surface area contributed by atoms with Crippen LogP contribution in [-0.2, 0) is 0 Å². The fourth-order valence-electron chi connectivity index (χ4n) is 0.187. The van der Waals surface area contributed by atoms with Crippen LogP contribution in [0.25, 0.3) is 0 Å². The molecule has 6 heteroatoms. The number of urea groups is 1. The summed E-state index contributed by atoms with van der Waals surface area (Å²) in [5.41, 5.74) is 4.50. The third-order valence-corrected chi connectivity index (χ3v) is 0.743. The van der Waals surface area contributed by atoms with Crippen molar-refractivity contribution in [1.82, 2.24) is 5.32 Å². The Kier molecular flexibility index (Phi) is 2.83. The Bertz CT molecular complexity index is 113. The molecule has 3 N–H and O–H groups in total. The van der Waals surface area contributed by atoms with Crippen molar-refractivity contribution in [2.75, 3.05) is 6.54 Å². The van der Waals surface area contributed by atoms with E-state index in [1.165, 1.54) is 0 Å². The molecule has 9 heavy (non-hydrogen) atoms. The lowest BCUT2D eigenvalue weighted by Gasteiger charge is -2.06. The summed E-state index contributed by atoms with van der Waals surface area (Å²) in [4.78, 5) is 6.74. The molecule has 0 radical (unpaired) electrons. The maximum absolute atomic E-state index is 11.7. The third kappa shape index (κ3) is 7.61. The Hall–Kier alpha value is -0.390. The summed E-state index contributed by atoms with van der Waals surface area (Å²) in [6.07, 6.45) is 0. The van der Waals surface area contributed by atoms with Gasteiger partial charge in [0.2, 0.25) is 0 Å². The van der Waals surface area contributed by atoms with Gasteiger partial charge in [0, 0.05) is 0 Å². The summed E-state index contributed by atoms with van der Waals surface area (Å²) in [7, 11) is 0. The standard InChI is InChI=1S/C3H5BrF2N2O/c4-3(5,6)1-8-2(7)9/h1H2,(H3,7,8,9). The van der Waals surface area contributed by atoms with Crippen LogP contribution >= 0.6 is 15.9 Å². The number of alkyl halides is 3. The van der Waals surface area contributed by atoms with Crippen LogP contribution in [0, 0.1) is 0 Å². The van der Waals surface area contributed by atoms with Crippen LogP contribution in [0.3, 0.4) is 0 Å². The number of hydrogen-bond donors (Lipinski definition) is 2. The number of nitrogens with two attached hydrogens (primary N) is 1. The molecule has 0 heterocycles. The first-order chi connectivity index (χ1) is 3.92. The highest BCUT2D eigenvalue weighted by Crippen LogP contribution is 2.19. The minimum atomic E-state index is -3.07. The molecule has 0 aliphatic carbocycles. The summed E-state index contributed by atoms with van der Waals surface area (Å²) in [5.74, 6) is 0. The van der Waals surface area contributed by atoms with Gasteiger partial charge in [-0.1, -0.05) is 0 Å². The number of rotatable bonds is 2. The minimum Gasteiger partial charge on any atom is -0.352 e. The summed E-state index contributed by atoms with van der Waals surface area (Å²) in [6.45, 7) is -0.789. The van der Waals surface area contributed by atoms with Crippen molar-refractivity contribution in [3.05, 3.63) is 0 Å². The van der Waals surface area contributed by atoms with Gasteiger partial charge in [-0.2, -0.15) is 8.78 Å². The zero-order valence-corrected chi connectivity index (χ0v) is 5.91. The molecule has 0 rings (SSSR count). The number of carbonyl (C=O) groups excluding carboxylic acids is 1. The predicted molar refractivity (Wildman–Crippen MR) is 31.5 cm³/mol. The second-order valence-electron chi connectivity index (χ2n) is 1.33. The molecule has 0 aromatic carbocycles. The topological polar surface area (TPSA) is 55.1 Å². The van der Waals surface area contributed by atoms with Gasteiger partial charge in [-0.15, -0.1) is 0 Å². The SMILES string of the molecule is NC(=O)NCC(F)(F)Br. The normalized spacial score (nSPS) is 11.0. The van der Waals surface area contributed by atoms with Crippen molar-refractivity contribution in [3.63, 3.8) is 0 Å². The Labute approximate surface area is 58.7 Å². The summed E-state index contributed by atoms with van der Waals surface area (Å²) >= 11 is 2.00. The Morgan fingerprint density at radius 2 is 2.22 bits per heavy atom. The van der Waals surface area contributed by atoms with Gasteiger partial charge in [0.25, 0.3) is 0 Å². The van der Waals surface area contributed by atoms with E-state index in [1.807, 2.05) is 15.9 Å². The van der Waals surface area contributed by atoms with Gasteiger partial charge in [-0.25, -0.2) is 4.79 Å². The fraction of sp³-hybridized carbons (Fsp3) is 0.667. The van der Waals surface area contributed by atoms with Crippen LogP contribution in [-0.4, -0.2) is 17.4 Å². The zero-order chi connectivity index (χ0) is 7.49. The number of hydrogen-bond acceptors (Lipinski definition) is 1. The molecular weight excluding hydrogens is 198 g/mol. The van der Waals surface area contributed by atoms with Crippen LogP contribution in [0.5, 0.6) is 0 Å². The van der Waals surface area contributed by atoms with Crippen molar-refractivity contribution >= 4 is 22.0 Å². The van der Waals surface area contributed by atoms with E-state index in [-0.39, 0.29) is 0 Å². The molecule has 54 valence electrons. The van der Waals surface area contributed by atoms with Crippen molar-refractivity contribution < 1.29 is 13.6 Å². The van der Waals surface area contributed by atoms with Crippen LogP contribution in [0.4, 0.5) is 13.6 Å². The Balaban J connectivity index is 3.39. The van der Waals surface area contributed by atoms with Crippen LogP contribution in [0.1, 0.15) is 0 Å². The quantitative estimate of drug-likeness (QED) is 0.635. The molecule has 3 nitrogen and oxygen atoms in total. The van der Waals surface area contributed by atoms with E-state index < -0.39 is 17.4 Å². The largest absolute Gasteiger partial charge is 0.352 e. The second kappa shape index (κ2) is 2.95. The molecular formula is C3H5BrF2N2O. The lowest BCUT2D eigenvalue weighted by molar-refractivity contribution is 0.115.